The Morgan fingerprint density at radius 2 is 2.08 bits per heavy atom. The van der Waals surface area contributed by atoms with Gasteiger partial charge >= 0.3 is 0 Å². The van der Waals surface area contributed by atoms with Crippen molar-refractivity contribution < 1.29 is 9.59 Å². The van der Waals surface area contributed by atoms with Gasteiger partial charge in [-0.1, -0.05) is 13.0 Å². The van der Waals surface area contributed by atoms with Gasteiger partial charge in [0.25, 0.3) is 0 Å². The molecule has 128 valence electrons. The molecule has 0 aliphatic carbocycles. The fourth-order valence-electron chi connectivity index (χ4n) is 3.05. The standard InChI is InChI=1S/C19H20N4O2/c1-12(18(20)25)14-5-2-3-7-17(24)23-19-15(6-4-9-22-19)13-8-10-21-16(14)11-13/h4,6,8-11,14H,1-3,5,7H2,(H2,20,25)(H,22,23,24)/t14-/m0/s1. The number of nitrogens with two attached hydrogens (primary N) is 1. The Bertz CT molecular complexity index is 832. The van der Waals surface area contributed by atoms with E-state index in [2.05, 4.69) is 21.9 Å². The van der Waals surface area contributed by atoms with Gasteiger partial charge in [0.2, 0.25) is 11.8 Å². The molecule has 3 rings (SSSR count). The number of nitrogens with zero attached hydrogens (tertiary/aromatic N) is 2. The number of carbonyl (C=O) groups is 2. The minimum absolute atomic E-state index is 0.0694. The first kappa shape index (κ1) is 16.8. The van der Waals surface area contributed by atoms with E-state index in [0.717, 1.165) is 23.2 Å². The van der Waals surface area contributed by atoms with Crippen molar-refractivity contribution in [1.82, 2.24) is 9.97 Å². The lowest BCUT2D eigenvalue weighted by molar-refractivity contribution is -0.116. The molecule has 0 saturated carbocycles. The topological polar surface area (TPSA) is 98.0 Å². The summed E-state index contributed by atoms with van der Waals surface area (Å²) in [5, 5.41) is 2.88. The van der Waals surface area contributed by atoms with Gasteiger partial charge < -0.3 is 11.1 Å². The van der Waals surface area contributed by atoms with Crippen LogP contribution in [0.5, 0.6) is 0 Å². The van der Waals surface area contributed by atoms with Gasteiger partial charge in [0.05, 0.1) is 0 Å². The molecule has 0 unspecified atom stereocenters. The zero-order valence-corrected chi connectivity index (χ0v) is 13.9. The quantitative estimate of drug-likeness (QED) is 0.824. The summed E-state index contributed by atoms with van der Waals surface area (Å²) in [5.41, 5.74) is 8.22. The normalized spacial score (nSPS) is 17.4. The number of hydrogen-bond donors (Lipinski definition) is 2. The maximum atomic E-state index is 12.2. The highest BCUT2D eigenvalue weighted by atomic mass is 16.2. The van der Waals surface area contributed by atoms with Crippen molar-refractivity contribution >= 4 is 17.6 Å². The van der Waals surface area contributed by atoms with E-state index in [4.69, 9.17) is 5.73 Å². The van der Waals surface area contributed by atoms with Crippen molar-refractivity contribution in [3.8, 4) is 11.1 Å². The zero-order chi connectivity index (χ0) is 17.8. The molecule has 1 aliphatic heterocycles. The summed E-state index contributed by atoms with van der Waals surface area (Å²) in [6.07, 6.45) is 5.88. The molecule has 3 heterocycles. The van der Waals surface area contributed by atoms with Crippen LogP contribution in [0.1, 0.15) is 37.3 Å². The Labute approximate surface area is 146 Å². The molecular weight excluding hydrogens is 316 g/mol. The van der Waals surface area contributed by atoms with Crippen molar-refractivity contribution in [3.63, 3.8) is 0 Å². The first-order valence-corrected chi connectivity index (χ1v) is 8.26. The van der Waals surface area contributed by atoms with E-state index in [1.54, 1.807) is 12.4 Å². The Hall–Kier alpha value is -3.02. The molecular formula is C19H20N4O2. The van der Waals surface area contributed by atoms with Crippen LogP contribution in [-0.2, 0) is 9.59 Å². The summed E-state index contributed by atoms with van der Waals surface area (Å²) in [7, 11) is 0. The smallest absolute Gasteiger partial charge is 0.244 e. The van der Waals surface area contributed by atoms with E-state index in [1.807, 2.05) is 24.3 Å². The molecule has 2 bridgehead atoms. The summed E-state index contributed by atoms with van der Waals surface area (Å²) >= 11 is 0. The number of carbonyl (C=O) groups excluding carboxylic acids is 2. The number of aromatic nitrogens is 2. The molecule has 0 radical (unpaired) electrons. The predicted octanol–water partition coefficient (Wildman–Crippen LogP) is 2.78. The first-order valence-electron chi connectivity index (χ1n) is 8.26. The molecule has 0 aromatic carbocycles. The average Bonchev–Trinajstić information content (AvgIpc) is 2.61. The summed E-state index contributed by atoms with van der Waals surface area (Å²) in [6, 6.07) is 7.47. The molecule has 0 saturated heterocycles. The van der Waals surface area contributed by atoms with Crippen LogP contribution in [0, 0.1) is 0 Å². The van der Waals surface area contributed by atoms with Gasteiger partial charge in [0.1, 0.15) is 5.82 Å². The first-order chi connectivity index (χ1) is 12.1. The number of amides is 2. The van der Waals surface area contributed by atoms with E-state index >= 15 is 0 Å². The molecule has 0 spiro atoms. The van der Waals surface area contributed by atoms with Crippen LogP contribution in [0.2, 0.25) is 0 Å². The molecule has 2 aromatic heterocycles. The molecule has 3 N–H and O–H groups in total. The maximum absolute atomic E-state index is 12.2. The van der Waals surface area contributed by atoms with Crippen molar-refractivity contribution in [2.24, 2.45) is 5.73 Å². The van der Waals surface area contributed by atoms with Crippen molar-refractivity contribution in [2.45, 2.75) is 31.6 Å². The lowest BCUT2D eigenvalue weighted by Gasteiger charge is -2.19. The minimum Gasteiger partial charge on any atom is -0.366 e. The summed E-state index contributed by atoms with van der Waals surface area (Å²) in [5.74, 6) is -0.320. The van der Waals surface area contributed by atoms with Crippen LogP contribution in [-0.4, -0.2) is 21.8 Å². The van der Waals surface area contributed by atoms with E-state index < -0.39 is 5.91 Å². The monoisotopic (exact) mass is 336 g/mol. The van der Waals surface area contributed by atoms with Crippen LogP contribution in [0.4, 0.5) is 5.82 Å². The zero-order valence-electron chi connectivity index (χ0n) is 13.9. The largest absolute Gasteiger partial charge is 0.366 e. The van der Waals surface area contributed by atoms with Crippen molar-refractivity contribution in [2.75, 3.05) is 5.32 Å². The molecule has 1 atom stereocenters. The Morgan fingerprint density at radius 1 is 1.24 bits per heavy atom. The number of anilines is 1. The van der Waals surface area contributed by atoms with Gasteiger partial charge in [-0.3, -0.25) is 14.6 Å². The molecule has 6 nitrogen and oxygen atoms in total. The van der Waals surface area contributed by atoms with Gasteiger partial charge in [-0.25, -0.2) is 4.98 Å². The summed E-state index contributed by atoms with van der Waals surface area (Å²) in [6.45, 7) is 3.85. The van der Waals surface area contributed by atoms with E-state index in [-0.39, 0.29) is 11.8 Å². The van der Waals surface area contributed by atoms with Crippen LogP contribution >= 0.6 is 0 Å². The number of nitrogens with one attached hydrogen (secondary N) is 1. The van der Waals surface area contributed by atoms with Crippen LogP contribution in [0.3, 0.4) is 0 Å². The van der Waals surface area contributed by atoms with Gasteiger partial charge in [0, 0.05) is 41.6 Å². The Balaban J connectivity index is 2.10. The van der Waals surface area contributed by atoms with Crippen LogP contribution in [0.15, 0.2) is 48.8 Å². The third kappa shape index (κ3) is 3.74. The van der Waals surface area contributed by atoms with Gasteiger partial charge in [0.15, 0.2) is 0 Å². The van der Waals surface area contributed by atoms with Crippen LogP contribution in [0.25, 0.3) is 11.1 Å². The number of pyridine rings is 2. The second kappa shape index (κ2) is 7.25. The lowest BCUT2D eigenvalue weighted by atomic mass is 9.88. The van der Waals surface area contributed by atoms with Crippen molar-refractivity contribution in [1.29, 1.82) is 0 Å². The Morgan fingerprint density at radius 3 is 2.88 bits per heavy atom. The van der Waals surface area contributed by atoms with E-state index in [9.17, 15) is 9.59 Å². The SMILES string of the molecule is C=C(C(N)=O)[C@@H]1CCCCC(=O)Nc2ncccc2-c2ccnc1c2. The third-order valence-corrected chi connectivity index (χ3v) is 4.40. The average molecular weight is 336 g/mol. The highest BCUT2D eigenvalue weighted by Crippen LogP contribution is 2.33. The van der Waals surface area contributed by atoms with Crippen molar-refractivity contribution in [3.05, 3.63) is 54.5 Å². The molecule has 6 heteroatoms. The second-order valence-corrected chi connectivity index (χ2v) is 6.10. The second-order valence-electron chi connectivity index (χ2n) is 6.10. The maximum Gasteiger partial charge on any atom is 0.244 e. The number of rotatable bonds is 2. The lowest BCUT2D eigenvalue weighted by Crippen LogP contribution is -2.20. The number of primary amides is 1. The fourth-order valence-corrected chi connectivity index (χ4v) is 3.05. The van der Waals surface area contributed by atoms with Crippen LogP contribution < -0.4 is 11.1 Å². The van der Waals surface area contributed by atoms with Gasteiger partial charge in [-0.2, -0.15) is 0 Å². The fraction of sp³-hybridized carbons (Fsp3) is 0.263. The van der Waals surface area contributed by atoms with Gasteiger partial charge in [-0.15, -0.1) is 0 Å². The predicted molar refractivity (Wildman–Crippen MR) is 95.6 cm³/mol. The minimum atomic E-state index is -0.524. The number of fused-ring (bicyclic) bond motifs is 4. The highest BCUT2D eigenvalue weighted by Gasteiger charge is 2.22. The Kier molecular flexibility index (Phi) is 4.88. The summed E-state index contributed by atoms with van der Waals surface area (Å²) < 4.78 is 0. The summed E-state index contributed by atoms with van der Waals surface area (Å²) in [4.78, 5) is 32.5. The molecule has 2 aromatic rings. The van der Waals surface area contributed by atoms with Gasteiger partial charge in [-0.05, 0) is 42.7 Å². The molecule has 1 aliphatic rings. The molecule has 0 fully saturated rings. The van der Waals surface area contributed by atoms with E-state index in [0.29, 0.717) is 30.7 Å². The highest BCUT2D eigenvalue weighted by molar-refractivity contribution is 5.94. The van der Waals surface area contributed by atoms with E-state index in [1.165, 1.54) is 0 Å². The molecule has 2 amide bonds. The number of hydrogen-bond acceptors (Lipinski definition) is 4. The molecule has 25 heavy (non-hydrogen) atoms. The third-order valence-electron chi connectivity index (χ3n) is 4.40.